The van der Waals surface area contributed by atoms with Crippen LogP contribution < -0.4 is 5.32 Å². The molecule has 19 heavy (non-hydrogen) atoms. The van der Waals surface area contributed by atoms with Gasteiger partial charge in [-0.2, -0.15) is 0 Å². The van der Waals surface area contributed by atoms with Gasteiger partial charge in [0.2, 0.25) is 0 Å². The Hall–Kier alpha value is -0.610. The van der Waals surface area contributed by atoms with Crippen molar-refractivity contribution in [1.29, 1.82) is 0 Å². The molecule has 4 heteroatoms. The third-order valence-electron chi connectivity index (χ3n) is 3.75. The molecule has 0 aromatic carbocycles. The van der Waals surface area contributed by atoms with Crippen LogP contribution in [0.3, 0.4) is 0 Å². The second kappa shape index (κ2) is 7.85. The monoisotopic (exact) mass is 270 g/mol. The van der Waals surface area contributed by atoms with E-state index in [2.05, 4.69) is 37.9 Å². The van der Waals surface area contributed by atoms with Gasteiger partial charge in [0.15, 0.2) is 0 Å². The molecular weight excluding hydrogens is 240 g/mol. The van der Waals surface area contributed by atoms with Crippen LogP contribution in [-0.2, 0) is 9.53 Å². The molecule has 1 aliphatic rings. The van der Waals surface area contributed by atoms with Crippen LogP contribution in [0.1, 0.15) is 40.5 Å². The van der Waals surface area contributed by atoms with Crippen molar-refractivity contribution in [3.05, 3.63) is 0 Å². The maximum Gasteiger partial charge on any atom is 0.323 e. The van der Waals surface area contributed by atoms with Crippen LogP contribution in [0.2, 0.25) is 0 Å². The van der Waals surface area contributed by atoms with Crippen LogP contribution in [0, 0.1) is 11.8 Å². The molecule has 0 unspecified atom stereocenters. The van der Waals surface area contributed by atoms with Gasteiger partial charge in [-0.25, -0.2) is 0 Å². The molecule has 1 N–H and O–H groups in total. The molecule has 1 fully saturated rings. The Labute approximate surface area is 117 Å². The zero-order valence-corrected chi connectivity index (χ0v) is 13.1. The molecule has 0 saturated carbocycles. The van der Waals surface area contributed by atoms with Crippen LogP contribution in [0.5, 0.6) is 0 Å². The molecule has 0 bridgehead atoms. The van der Waals surface area contributed by atoms with Crippen molar-refractivity contribution in [1.82, 2.24) is 10.2 Å². The summed E-state index contributed by atoms with van der Waals surface area (Å²) in [4.78, 5) is 14.3. The fourth-order valence-electron chi connectivity index (χ4n) is 2.71. The number of likely N-dealkylation sites (tertiary alicyclic amines) is 1. The van der Waals surface area contributed by atoms with Crippen molar-refractivity contribution in [3.63, 3.8) is 0 Å². The number of hydrogen-bond donors (Lipinski definition) is 1. The Morgan fingerprint density at radius 3 is 2.26 bits per heavy atom. The summed E-state index contributed by atoms with van der Waals surface area (Å²) in [6.45, 7) is 12.1. The Bertz CT molecular complexity index is 271. The average Bonchev–Trinajstić information content (AvgIpc) is 2.36. The van der Waals surface area contributed by atoms with E-state index < -0.39 is 0 Å². The molecule has 1 saturated heterocycles. The summed E-state index contributed by atoms with van der Waals surface area (Å²) in [7, 11) is 1.46. The van der Waals surface area contributed by atoms with E-state index in [9.17, 15) is 4.79 Å². The quantitative estimate of drug-likeness (QED) is 0.749. The molecule has 1 atom stereocenters. The second-order valence-corrected chi connectivity index (χ2v) is 6.38. The fraction of sp³-hybridized carbons (Fsp3) is 0.933. The number of esters is 1. The fourth-order valence-corrected chi connectivity index (χ4v) is 2.71. The molecule has 0 aromatic heterocycles. The van der Waals surface area contributed by atoms with E-state index >= 15 is 0 Å². The van der Waals surface area contributed by atoms with Gasteiger partial charge in [-0.05, 0) is 37.8 Å². The Morgan fingerprint density at radius 2 is 1.84 bits per heavy atom. The van der Waals surface area contributed by atoms with Crippen LogP contribution in [0.15, 0.2) is 0 Å². The summed E-state index contributed by atoms with van der Waals surface area (Å²) in [5, 5.41) is 3.48. The first-order valence-corrected chi connectivity index (χ1v) is 7.50. The van der Waals surface area contributed by atoms with Crippen LogP contribution in [0.4, 0.5) is 0 Å². The van der Waals surface area contributed by atoms with Gasteiger partial charge in [0.05, 0.1) is 7.11 Å². The Balaban J connectivity index is 2.40. The van der Waals surface area contributed by atoms with Crippen LogP contribution >= 0.6 is 0 Å². The number of hydrogen-bond acceptors (Lipinski definition) is 4. The number of nitrogens with one attached hydrogen (secondary N) is 1. The maximum atomic E-state index is 11.7. The van der Waals surface area contributed by atoms with Crippen molar-refractivity contribution in [2.45, 2.75) is 52.6 Å². The zero-order chi connectivity index (χ0) is 14.4. The molecule has 0 aromatic rings. The zero-order valence-electron chi connectivity index (χ0n) is 13.1. The molecule has 0 aliphatic carbocycles. The molecule has 0 radical (unpaired) electrons. The first-order chi connectivity index (χ1) is 8.93. The highest BCUT2D eigenvalue weighted by atomic mass is 16.5. The predicted molar refractivity (Wildman–Crippen MR) is 78.1 cm³/mol. The molecule has 0 spiro atoms. The molecular formula is C15H30N2O2. The van der Waals surface area contributed by atoms with Gasteiger partial charge >= 0.3 is 5.97 Å². The summed E-state index contributed by atoms with van der Waals surface area (Å²) >= 11 is 0. The maximum absolute atomic E-state index is 11.7. The average molecular weight is 270 g/mol. The van der Waals surface area contributed by atoms with E-state index in [-0.39, 0.29) is 17.9 Å². The van der Waals surface area contributed by atoms with Gasteiger partial charge in [0.1, 0.15) is 6.04 Å². The van der Waals surface area contributed by atoms with Gasteiger partial charge in [-0.3, -0.25) is 4.79 Å². The van der Waals surface area contributed by atoms with E-state index in [0.717, 1.165) is 31.8 Å². The minimum absolute atomic E-state index is 0.139. The van der Waals surface area contributed by atoms with Gasteiger partial charge < -0.3 is 15.0 Å². The van der Waals surface area contributed by atoms with E-state index in [4.69, 9.17) is 4.74 Å². The van der Waals surface area contributed by atoms with E-state index in [0.29, 0.717) is 6.04 Å². The minimum Gasteiger partial charge on any atom is -0.468 e. The smallest absolute Gasteiger partial charge is 0.323 e. The SMILES string of the molecule is COC(=O)[C@@H](NC1CCN(CC(C)C)CC1)C(C)C. The predicted octanol–water partition coefficient (Wildman–Crippen LogP) is 1.89. The number of nitrogens with zero attached hydrogens (tertiary/aromatic N) is 1. The van der Waals surface area contributed by atoms with Crippen LogP contribution in [0.25, 0.3) is 0 Å². The number of carbonyl (C=O) groups is 1. The summed E-state index contributed by atoms with van der Waals surface area (Å²) < 4.78 is 4.88. The minimum atomic E-state index is -0.174. The lowest BCUT2D eigenvalue weighted by atomic mass is 9.98. The lowest BCUT2D eigenvalue weighted by Gasteiger charge is -2.35. The molecule has 112 valence electrons. The van der Waals surface area contributed by atoms with Gasteiger partial charge in [-0.15, -0.1) is 0 Å². The Kier molecular flexibility index (Phi) is 6.80. The van der Waals surface area contributed by atoms with Crippen molar-refractivity contribution in [2.75, 3.05) is 26.7 Å². The molecule has 1 aliphatic heterocycles. The summed E-state index contributed by atoms with van der Waals surface area (Å²) in [5.41, 5.74) is 0. The normalized spacial score (nSPS) is 19.9. The third kappa shape index (κ3) is 5.49. The van der Waals surface area contributed by atoms with E-state index in [1.54, 1.807) is 0 Å². The summed E-state index contributed by atoms with van der Waals surface area (Å²) in [6, 6.07) is 0.265. The lowest BCUT2D eigenvalue weighted by Crippen LogP contribution is -2.51. The first kappa shape index (κ1) is 16.4. The lowest BCUT2D eigenvalue weighted by molar-refractivity contribution is -0.144. The summed E-state index contributed by atoms with van der Waals surface area (Å²) in [6.07, 6.45) is 2.24. The van der Waals surface area contributed by atoms with E-state index in [1.807, 2.05) is 0 Å². The highest BCUT2D eigenvalue weighted by Gasteiger charge is 2.28. The Morgan fingerprint density at radius 1 is 1.26 bits per heavy atom. The van der Waals surface area contributed by atoms with Crippen LogP contribution in [-0.4, -0.2) is 49.7 Å². The number of rotatable bonds is 6. The third-order valence-corrected chi connectivity index (χ3v) is 3.75. The number of methoxy groups -OCH3 is 1. The topological polar surface area (TPSA) is 41.6 Å². The van der Waals surface area contributed by atoms with E-state index in [1.165, 1.54) is 13.7 Å². The van der Waals surface area contributed by atoms with Crippen molar-refractivity contribution < 1.29 is 9.53 Å². The molecule has 4 nitrogen and oxygen atoms in total. The van der Waals surface area contributed by atoms with Crippen molar-refractivity contribution >= 4 is 5.97 Å². The highest BCUT2D eigenvalue weighted by molar-refractivity contribution is 5.75. The van der Waals surface area contributed by atoms with Gasteiger partial charge in [-0.1, -0.05) is 27.7 Å². The molecule has 1 heterocycles. The summed E-state index contributed by atoms with van der Waals surface area (Å²) in [5.74, 6) is 0.851. The molecule has 1 rings (SSSR count). The highest BCUT2D eigenvalue weighted by Crippen LogP contribution is 2.14. The van der Waals surface area contributed by atoms with Gasteiger partial charge in [0, 0.05) is 12.6 Å². The van der Waals surface area contributed by atoms with Crippen molar-refractivity contribution in [2.24, 2.45) is 11.8 Å². The number of ether oxygens (including phenoxy) is 1. The largest absolute Gasteiger partial charge is 0.468 e. The first-order valence-electron chi connectivity index (χ1n) is 7.50. The number of piperidine rings is 1. The van der Waals surface area contributed by atoms with Crippen molar-refractivity contribution in [3.8, 4) is 0 Å². The molecule has 0 amide bonds. The second-order valence-electron chi connectivity index (χ2n) is 6.38. The number of carbonyl (C=O) groups excluding carboxylic acids is 1. The van der Waals surface area contributed by atoms with Gasteiger partial charge in [0.25, 0.3) is 0 Å². The standard InChI is InChI=1S/C15H30N2O2/c1-11(2)10-17-8-6-13(7-9-17)16-14(12(3)4)15(18)19-5/h11-14,16H,6-10H2,1-5H3/t14-/m0/s1.